The highest BCUT2D eigenvalue weighted by Gasteiger charge is 2.17. The van der Waals surface area contributed by atoms with Crippen molar-refractivity contribution in [1.82, 2.24) is 24.6 Å². The first-order valence-corrected chi connectivity index (χ1v) is 9.34. The van der Waals surface area contributed by atoms with Gasteiger partial charge in [-0.15, -0.1) is 0 Å². The monoisotopic (exact) mass is 383 g/mol. The molecule has 0 amide bonds. The lowest BCUT2D eigenvalue weighted by molar-refractivity contribution is 0.0398. The van der Waals surface area contributed by atoms with Crippen LogP contribution in [0.1, 0.15) is 0 Å². The fourth-order valence-electron chi connectivity index (χ4n) is 3.30. The molecule has 9 nitrogen and oxygen atoms in total. The lowest BCUT2D eigenvalue weighted by Gasteiger charge is -2.26. The van der Waals surface area contributed by atoms with E-state index in [4.69, 9.17) is 20.2 Å². The van der Waals surface area contributed by atoms with Crippen molar-refractivity contribution >= 4 is 22.8 Å². The maximum absolute atomic E-state index is 6.24. The molecule has 3 aromatic rings. The number of hydrogen-bond acceptors (Lipinski definition) is 8. The molecule has 0 unspecified atom stereocenters. The minimum Gasteiger partial charge on any atom is -0.497 e. The van der Waals surface area contributed by atoms with Crippen molar-refractivity contribution in [2.24, 2.45) is 7.05 Å². The van der Waals surface area contributed by atoms with E-state index in [1.54, 1.807) is 18.8 Å². The van der Waals surface area contributed by atoms with Crippen molar-refractivity contribution in [3.8, 4) is 17.0 Å². The molecule has 28 heavy (non-hydrogen) atoms. The summed E-state index contributed by atoms with van der Waals surface area (Å²) >= 11 is 0. The van der Waals surface area contributed by atoms with Gasteiger partial charge in [0, 0.05) is 38.8 Å². The highest BCUT2D eigenvalue weighted by atomic mass is 16.5. The van der Waals surface area contributed by atoms with Gasteiger partial charge < -0.3 is 20.5 Å². The van der Waals surface area contributed by atoms with Crippen LogP contribution in [0.4, 0.5) is 11.8 Å². The van der Waals surface area contributed by atoms with Crippen LogP contribution in [-0.2, 0) is 11.8 Å². The van der Waals surface area contributed by atoms with E-state index in [-0.39, 0.29) is 0 Å². The molecule has 0 aliphatic carbocycles. The molecule has 0 spiro atoms. The zero-order valence-electron chi connectivity index (χ0n) is 16.2. The molecular formula is C19H25N7O2. The molecule has 3 heterocycles. The molecule has 148 valence electrons. The van der Waals surface area contributed by atoms with Gasteiger partial charge in [-0.05, 0) is 24.3 Å². The van der Waals surface area contributed by atoms with Crippen LogP contribution >= 0.6 is 0 Å². The molecule has 1 saturated heterocycles. The Kier molecular flexibility index (Phi) is 5.27. The van der Waals surface area contributed by atoms with E-state index in [0.29, 0.717) is 17.4 Å². The summed E-state index contributed by atoms with van der Waals surface area (Å²) in [5.74, 6) is 1.88. The van der Waals surface area contributed by atoms with E-state index in [1.165, 1.54) is 0 Å². The number of aryl methyl sites for hydroxylation is 1. The average molecular weight is 383 g/mol. The fourth-order valence-corrected chi connectivity index (χ4v) is 3.30. The lowest BCUT2D eigenvalue weighted by Crippen LogP contribution is -2.39. The molecule has 0 saturated carbocycles. The van der Waals surface area contributed by atoms with Crippen LogP contribution < -0.4 is 15.8 Å². The van der Waals surface area contributed by atoms with Gasteiger partial charge in [0.25, 0.3) is 0 Å². The number of benzene rings is 1. The third-order valence-corrected chi connectivity index (χ3v) is 4.92. The highest BCUT2D eigenvalue weighted by molar-refractivity contribution is 5.98. The van der Waals surface area contributed by atoms with Crippen LogP contribution in [0.5, 0.6) is 5.75 Å². The van der Waals surface area contributed by atoms with Gasteiger partial charge in [0.15, 0.2) is 5.65 Å². The molecule has 2 aromatic heterocycles. The Hall–Kier alpha value is -2.91. The van der Waals surface area contributed by atoms with E-state index >= 15 is 0 Å². The van der Waals surface area contributed by atoms with Crippen molar-refractivity contribution in [3.05, 3.63) is 24.3 Å². The Morgan fingerprint density at radius 3 is 2.64 bits per heavy atom. The summed E-state index contributed by atoms with van der Waals surface area (Å²) in [7, 11) is 3.45. The number of fused-ring (bicyclic) bond motifs is 1. The maximum atomic E-state index is 6.24. The number of nitrogens with two attached hydrogens (primary N) is 1. The van der Waals surface area contributed by atoms with Crippen molar-refractivity contribution in [2.45, 2.75) is 0 Å². The molecule has 1 aromatic carbocycles. The van der Waals surface area contributed by atoms with E-state index in [2.05, 4.69) is 20.3 Å². The molecule has 9 heteroatoms. The van der Waals surface area contributed by atoms with E-state index in [9.17, 15) is 0 Å². The Bertz CT molecular complexity index is 949. The van der Waals surface area contributed by atoms with Crippen molar-refractivity contribution in [2.75, 3.05) is 57.6 Å². The Morgan fingerprint density at radius 2 is 1.93 bits per heavy atom. The number of methoxy groups -OCH3 is 1. The summed E-state index contributed by atoms with van der Waals surface area (Å²) in [4.78, 5) is 11.7. The number of aromatic nitrogens is 4. The fraction of sp³-hybridized carbons (Fsp3) is 0.421. The first-order chi connectivity index (χ1) is 13.7. The minimum atomic E-state index is 0.542. The largest absolute Gasteiger partial charge is 0.497 e. The standard InChI is InChI=1S/C19H25N7O2/c1-25-17(20)15-16(13-3-5-14(27-2)6-4-13)22-19(23-18(15)24-25)21-7-8-26-9-11-28-12-10-26/h3-6H,7-12,20H2,1-2H3,(H,21,23,24). The van der Waals surface area contributed by atoms with E-state index in [0.717, 1.165) is 61.8 Å². The highest BCUT2D eigenvalue weighted by Crippen LogP contribution is 2.31. The topological polar surface area (TPSA) is 103 Å². The van der Waals surface area contributed by atoms with Gasteiger partial charge in [-0.1, -0.05) is 0 Å². The van der Waals surface area contributed by atoms with Gasteiger partial charge in [-0.3, -0.25) is 9.58 Å². The lowest BCUT2D eigenvalue weighted by atomic mass is 10.1. The third kappa shape index (κ3) is 3.71. The second-order valence-electron chi connectivity index (χ2n) is 6.71. The number of ether oxygens (including phenoxy) is 2. The Balaban J connectivity index is 1.62. The number of morpholine rings is 1. The number of nitrogens with zero attached hydrogens (tertiary/aromatic N) is 5. The average Bonchev–Trinajstić information content (AvgIpc) is 3.02. The summed E-state index contributed by atoms with van der Waals surface area (Å²) < 4.78 is 12.3. The Morgan fingerprint density at radius 1 is 1.18 bits per heavy atom. The van der Waals surface area contributed by atoms with Gasteiger partial charge in [0.05, 0.1) is 31.4 Å². The van der Waals surface area contributed by atoms with Gasteiger partial charge in [-0.2, -0.15) is 10.1 Å². The summed E-state index contributed by atoms with van der Waals surface area (Å²) in [6.45, 7) is 5.14. The molecule has 0 bridgehead atoms. The predicted octanol–water partition coefficient (Wildman–Crippen LogP) is 1.37. The SMILES string of the molecule is COc1ccc(-c2nc(NCCN3CCOCC3)nc3nn(C)c(N)c23)cc1. The molecule has 1 aliphatic rings. The van der Waals surface area contributed by atoms with Crippen molar-refractivity contribution in [1.29, 1.82) is 0 Å². The second kappa shape index (κ2) is 7.99. The summed E-state index contributed by atoms with van der Waals surface area (Å²) in [6, 6.07) is 7.73. The molecule has 1 aliphatic heterocycles. The maximum Gasteiger partial charge on any atom is 0.225 e. The van der Waals surface area contributed by atoms with Crippen LogP contribution in [0.2, 0.25) is 0 Å². The van der Waals surface area contributed by atoms with Crippen LogP contribution in [0.15, 0.2) is 24.3 Å². The minimum absolute atomic E-state index is 0.542. The zero-order chi connectivity index (χ0) is 19.5. The quantitative estimate of drug-likeness (QED) is 0.658. The summed E-state index contributed by atoms with van der Waals surface area (Å²) in [5.41, 5.74) is 8.51. The van der Waals surface area contributed by atoms with E-state index in [1.807, 2.05) is 24.3 Å². The van der Waals surface area contributed by atoms with Crippen molar-refractivity contribution < 1.29 is 9.47 Å². The molecule has 3 N–H and O–H groups in total. The number of hydrogen-bond donors (Lipinski definition) is 2. The van der Waals surface area contributed by atoms with Gasteiger partial charge in [-0.25, -0.2) is 4.98 Å². The number of rotatable bonds is 6. The van der Waals surface area contributed by atoms with Crippen LogP contribution in [-0.4, -0.2) is 71.2 Å². The molecule has 4 rings (SSSR count). The summed E-state index contributed by atoms with van der Waals surface area (Å²) in [6.07, 6.45) is 0. The van der Waals surface area contributed by atoms with Crippen LogP contribution in [0.3, 0.4) is 0 Å². The van der Waals surface area contributed by atoms with Gasteiger partial charge >= 0.3 is 0 Å². The second-order valence-corrected chi connectivity index (χ2v) is 6.71. The smallest absolute Gasteiger partial charge is 0.225 e. The number of anilines is 2. The number of nitrogens with one attached hydrogen (secondary N) is 1. The molecule has 0 radical (unpaired) electrons. The third-order valence-electron chi connectivity index (χ3n) is 4.92. The van der Waals surface area contributed by atoms with E-state index < -0.39 is 0 Å². The van der Waals surface area contributed by atoms with Crippen molar-refractivity contribution in [3.63, 3.8) is 0 Å². The number of nitrogen functional groups attached to an aromatic ring is 1. The first kappa shape index (κ1) is 18.5. The van der Waals surface area contributed by atoms with Gasteiger partial charge in [0.2, 0.25) is 5.95 Å². The zero-order valence-corrected chi connectivity index (χ0v) is 16.2. The molecule has 1 fully saturated rings. The normalized spacial score (nSPS) is 15.1. The van der Waals surface area contributed by atoms with Crippen LogP contribution in [0.25, 0.3) is 22.3 Å². The Labute approximate surface area is 163 Å². The van der Waals surface area contributed by atoms with Gasteiger partial charge in [0.1, 0.15) is 11.6 Å². The molecular weight excluding hydrogens is 358 g/mol. The molecule has 0 atom stereocenters. The van der Waals surface area contributed by atoms with Crippen LogP contribution in [0, 0.1) is 0 Å². The predicted molar refractivity (Wildman–Crippen MR) is 108 cm³/mol. The summed E-state index contributed by atoms with van der Waals surface area (Å²) in [5, 5.41) is 8.52. The first-order valence-electron chi connectivity index (χ1n) is 9.34.